The zero-order chi connectivity index (χ0) is 14.1. The Morgan fingerprint density at radius 1 is 1.50 bits per heavy atom. The molecule has 3 aromatic heterocycles. The van der Waals surface area contributed by atoms with Crippen molar-refractivity contribution in [3.63, 3.8) is 0 Å². The van der Waals surface area contributed by atoms with Gasteiger partial charge in [0.15, 0.2) is 10.8 Å². The summed E-state index contributed by atoms with van der Waals surface area (Å²) in [7, 11) is 0. The van der Waals surface area contributed by atoms with Gasteiger partial charge in [0.2, 0.25) is 5.95 Å². The minimum Gasteiger partial charge on any atom is -0.469 e. The Hall–Kier alpha value is -2.41. The van der Waals surface area contributed by atoms with Crippen LogP contribution in [0.15, 0.2) is 23.1 Å². The molecule has 1 amide bonds. The van der Waals surface area contributed by atoms with E-state index in [9.17, 15) is 4.79 Å². The van der Waals surface area contributed by atoms with Gasteiger partial charge in [0, 0.05) is 6.42 Å². The van der Waals surface area contributed by atoms with Gasteiger partial charge in [-0.15, -0.1) is 0 Å². The van der Waals surface area contributed by atoms with Crippen LogP contribution in [0.2, 0.25) is 5.15 Å². The SMILES string of the molecule is CCc1occc1C(=O)Nc1nc(Cl)c2[nH]cnc2n1. The summed E-state index contributed by atoms with van der Waals surface area (Å²) in [6.45, 7) is 1.90. The highest BCUT2D eigenvalue weighted by Crippen LogP contribution is 2.19. The molecule has 0 aromatic carbocycles. The summed E-state index contributed by atoms with van der Waals surface area (Å²) in [5.74, 6) is 0.360. The summed E-state index contributed by atoms with van der Waals surface area (Å²) in [5.41, 5.74) is 1.37. The number of amides is 1. The van der Waals surface area contributed by atoms with E-state index in [1.165, 1.54) is 12.6 Å². The average Bonchev–Trinajstić information content (AvgIpc) is 3.06. The maximum Gasteiger partial charge on any atom is 0.261 e. The van der Waals surface area contributed by atoms with Gasteiger partial charge in [-0.2, -0.15) is 9.97 Å². The number of H-pyrrole nitrogens is 1. The van der Waals surface area contributed by atoms with Crippen LogP contribution in [-0.4, -0.2) is 25.8 Å². The van der Waals surface area contributed by atoms with Crippen molar-refractivity contribution in [2.24, 2.45) is 0 Å². The molecule has 0 saturated carbocycles. The van der Waals surface area contributed by atoms with Crippen LogP contribution in [0.25, 0.3) is 11.2 Å². The average molecular weight is 292 g/mol. The molecular weight excluding hydrogens is 282 g/mol. The van der Waals surface area contributed by atoms with Gasteiger partial charge < -0.3 is 9.40 Å². The van der Waals surface area contributed by atoms with Gasteiger partial charge in [0.25, 0.3) is 5.91 Å². The number of halogens is 1. The maximum atomic E-state index is 12.1. The number of aromatic nitrogens is 4. The van der Waals surface area contributed by atoms with Gasteiger partial charge in [0.1, 0.15) is 11.3 Å². The molecule has 8 heteroatoms. The molecule has 3 rings (SSSR count). The number of rotatable bonds is 3. The third-order valence-corrected chi connectivity index (χ3v) is 3.05. The summed E-state index contributed by atoms with van der Waals surface area (Å²) < 4.78 is 5.21. The number of carbonyl (C=O) groups is 1. The van der Waals surface area contributed by atoms with Crippen molar-refractivity contribution in [1.29, 1.82) is 0 Å². The number of nitrogens with one attached hydrogen (secondary N) is 2. The Kier molecular flexibility index (Phi) is 3.11. The van der Waals surface area contributed by atoms with Crippen molar-refractivity contribution in [3.8, 4) is 0 Å². The number of fused-ring (bicyclic) bond motifs is 1. The second-order valence-corrected chi connectivity index (χ2v) is 4.36. The number of furan rings is 1. The highest BCUT2D eigenvalue weighted by atomic mass is 35.5. The van der Waals surface area contributed by atoms with E-state index in [1.807, 2.05) is 6.92 Å². The lowest BCUT2D eigenvalue weighted by Gasteiger charge is -2.03. The number of hydrogen-bond donors (Lipinski definition) is 2. The van der Waals surface area contributed by atoms with Crippen LogP contribution in [0.4, 0.5) is 5.95 Å². The van der Waals surface area contributed by atoms with Crippen LogP contribution in [0, 0.1) is 0 Å². The molecule has 20 heavy (non-hydrogen) atoms. The quantitative estimate of drug-likeness (QED) is 0.722. The van der Waals surface area contributed by atoms with Gasteiger partial charge in [-0.3, -0.25) is 10.1 Å². The summed E-state index contributed by atoms with van der Waals surface area (Å²) in [6, 6.07) is 1.60. The second kappa shape index (κ2) is 4.93. The number of aromatic amines is 1. The van der Waals surface area contributed by atoms with E-state index >= 15 is 0 Å². The third kappa shape index (κ3) is 2.12. The lowest BCUT2D eigenvalue weighted by Crippen LogP contribution is -2.15. The minimum atomic E-state index is -0.346. The first-order chi connectivity index (χ1) is 9.69. The van der Waals surface area contributed by atoms with Crippen molar-refractivity contribution in [2.75, 3.05) is 5.32 Å². The fourth-order valence-corrected chi connectivity index (χ4v) is 2.06. The number of aryl methyl sites for hydroxylation is 1. The Morgan fingerprint density at radius 3 is 3.15 bits per heavy atom. The van der Waals surface area contributed by atoms with Gasteiger partial charge in [-0.1, -0.05) is 18.5 Å². The summed E-state index contributed by atoms with van der Waals surface area (Å²) in [6.07, 6.45) is 3.55. The number of hydrogen-bond acceptors (Lipinski definition) is 5. The predicted molar refractivity (Wildman–Crippen MR) is 72.7 cm³/mol. The van der Waals surface area contributed by atoms with Crippen molar-refractivity contribution in [2.45, 2.75) is 13.3 Å². The predicted octanol–water partition coefficient (Wildman–Crippen LogP) is 2.41. The van der Waals surface area contributed by atoms with Crippen LogP contribution in [-0.2, 0) is 6.42 Å². The largest absolute Gasteiger partial charge is 0.469 e. The van der Waals surface area contributed by atoms with Crippen molar-refractivity contribution in [3.05, 3.63) is 35.1 Å². The van der Waals surface area contributed by atoms with Gasteiger partial charge >= 0.3 is 0 Å². The number of imidazole rings is 1. The number of anilines is 1. The molecule has 7 nitrogen and oxygen atoms in total. The van der Waals surface area contributed by atoms with E-state index in [-0.39, 0.29) is 17.0 Å². The summed E-state index contributed by atoms with van der Waals surface area (Å²) >= 11 is 5.98. The lowest BCUT2D eigenvalue weighted by molar-refractivity contribution is 0.102. The van der Waals surface area contributed by atoms with Gasteiger partial charge in [-0.25, -0.2) is 4.98 Å². The smallest absolute Gasteiger partial charge is 0.261 e. The molecule has 0 unspecified atom stereocenters. The fourth-order valence-electron chi connectivity index (χ4n) is 1.84. The standard InChI is InChI=1S/C12H10ClN5O2/c1-2-7-6(3-4-20-7)11(19)18-12-16-9(13)8-10(17-12)15-5-14-8/h3-5H,2H2,1H3,(H2,14,15,16,17,18,19). The van der Waals surface area contributed by atoms with Crippen molar-refractivity contribution in [1.82, 2.24) is 19.9 Å². The van der Waals surface area contributed by atoms with E-state index in [2.05, 4.69) is 25.3 Å². The molecule has 0 atom stereocenters. The lowest BCUT2D eigenvalue weighted by atomic mass is 10.2. The molecule has 2 N–H and O–H groups in total. The van der Waals surface area contributed by atoms with Crippen LogP contribution >= 0.6 is 11.6 Å². The van der Waals surface area contributed by atoms with Crippen molar-refractivity contribution >= 4 is 34.6 Å². The first kappa shape index (κ1) is 12.6. The Morgan fingerprint density at radius 2 is 2.35 bits per heavy atom. The highest BCUT2D eigenvalue weighted by Gasteiger charge is 2.16. The van der Waals surface area contributed by atoms with E-state index in [0.29, 0.717) is 28.9 Å². The van der Waals surface area contributed by atoms with E-state index in [0.717, 1.165) is 0 Å². The molecular formula is C12H10ClN5O2. The molecule has 3 heterocycles. The van der Waals surface area contributed by atoms with E-state index in [4.69, 9.17) is 16.0 Å². The van der Waals surface area contributed by atoms with Gasteiger partial charge in [-0.05, 0) is 6.07 Å². The summed E-state index contributed by atoms with van der Waals surface area (Å²) in [4.78, 5) is 27.0. The molecule has 0 aliphatic carbocycles. The zero-order valence-corrected chi connectivity index (χ0v) is 11.2. The van der Waals surface area contributed by atoms with Crippen LogP contribution < -0.4 is 5.32 Å². The molecule has 0 aliphatic heterocycles. The Balaban J connectivity index is 1.91. The zero-order valence-electron chi connectivity index (χ0n) is 10.5. The van der Waals surface area contributed by atoms with Crippen LogP contribution in [0.1, 0.15) is 23.0 Å². The Labute approximate surface area is 118 Å². The third-order valence-electron chi connectivity index (χ3n) is 2.78. The van der Waals surface area contributed by atoms with Crippen LogP contribution in [0.3, 0.4) is 0 Å². The molecule has 0 spiro atoms. The van der Waals surface area contributed by atoms with E-state index in [1.54, 1.807) is 6.07 Å². The molecule has 0 radical (unpaired) electrons. The first-order valence-corrected chi connectivity index (χ1v) is 6.31. The minimum absolute atomic E-state index is 0.0999. The number of nitrogens with zero attached hydrogens (tertiary/aromatic N) is 3. The van der Waals surface area contributed by atoms with Crippen molar-refractivity contribution < 1.29 is 9.21 Å². The fraction of sp³-hybridized carbons (Fsp3) is 0.167. The van der Waals surface area contributed by atoms with E-state index < -0.39 is 0 Å². The normalized spacial score (nSPS) is 10.9. The Bertz CT molecular complexity index is 779. The molecule has 0 aliphatic rings. The van der Waals surface area contributed by atoms with Gasteiger partial charge in [0.05, 0.1) is 18.2 Å². The molecule has 0 saturated heterocycles. The topological polar surface area (TPSA) is 96.7 Å². The number of carbonyl (C=O) groups excluding carboxylic acids is 1. The first-order valence-electron chi connectivity index (χ1n) is 5.93. The second-order valence-electron chi connectivity index (χ2n) is 4.00. The molecule has 102 valence electrons. The van der Waals surface area contributed by atoms with Crippen LogP contribution in [0.5, 0.6) is 0 Å². The summed E-state index contributed by atoms with van der Waals surface area (Å²) in [5, 5.41) is 2.78. The molecule has 0 fully saturated rings. The highest BCUT2D eigenvalue weighted by molar-refractivity contribution is 6.33. The molecule has 0 bridgehead atoms. The monoisotopic (exact) mass is 291 g/mol. The molecule has 3 aromatic rings. The maximum absolute atomic E-state index is 12.1.